The van der Waals surface area contributed by atoms with Gasteiger partial charge in [-0.1, -0.05) is 0 Å². The Bertz CT molecular complexity index is 466. The lowest BCUT2D eigenvalue weighted by Gasteiger charge is -2.12. The highest BCUT2D eigenvalue weighted by Gasteiger charge is 2.20. The van der Waals surface area contributed by atoms with Crippen LogP contribution in [-0.2, 0) is 16.1 Å². The fraction of sp³-hybridized carbons (Fsp3) is 0.500. The van der Waals surface area contributed by atoms with Crippen molar-refractivity contribution in [1.29, 1.82) is 0 Å². The predicted molar refractivity (Wildman–Crippen MR) is 83.8 cm³/mol. The molecular weight excluding hydrogens is 390 g/mol. The van der Waals surface area contributed by atoms with E-state index in [1.165, 1.54) is 25.5 Å². The molecule has 2 rings (SSSR count). The van der Waals surface area contributed by atoms with Crippen LogP contribution >= 0.6 is 31.9 Å². The molecule has 1 N–H and O–H groups in total. The first-order valence-corrected chi connectivity index (χ1v) is 8.09. The summed E-state index contributed by atoms with van der Waals surface area (Å²) in [7, 11) is 1.37. The Morgan fingerprint density at radius 1 is 1.35 bits per heavy atom. The van der Waals surface area contributed by atoms with Gasteiger partial charge in [-0.05, 0) is 62.4 Å². The smallest absolute Gasteiger partial charge is 0.308 e. The molecule has 0 aromatic heterocycles. The van der Waals surface area contributed by atoms with Crippen molar-refractivity contribution in [3.8, 4) is 5.75 Å². The van der Waals surface area contributed by atoms with Crippen LogP contribution in [0.2, 0.25) is 0 Å². The van der Waals surface area contributed by atoms with Crippen LogP contribution in [0, 0.1) is 0 Å². The van der Waals surface area contributed by atoms with Crippen molar-refractivity contribution in [3.05, 3.63) is 26.6 Å². The summed E-state index contributed by atoms with van der Waals surface area (Å²) in [6.07, 6.45) is 2.79. The fourth-order valence-electron chi connectivity index (χ4n) is 1.74. The van der Waals surface area contributed by atoms with Gasteiger partial charge < -0.3 is 14.8 Å². The van der Waals surface area contributed by atoms with Gasteiger partial charge in [-0.25, -0.2) is 0 Å². The lowest BCUT2D eigenvalue weighted by atomic mass is 10.2. The number of ether oxygens (including phenoxy) is 2. The number of carbonyl (C=O) groups is 1. The maximum Gasteiger partial charge on any atom is 0.308 e. The molecule has 1 aliphatic carbocycles. The average Bonchev–Trinajstić information content (AvgIpc) is 3.23. The van der Waals surface area contributed by atoms with Crippen molar-refractivity contribution in [2.24, 2.45) is 0 Å². The summed E-state index contributed by atoms with van der Waals surface area (Å²) in [5, 5.41) is 3.47. The van der Waals surface area contributed by atoms with E-state index in [1.54, 1.807) is 0 Å². The molecule has 20 heavy (non-hydrogen) atoms. The highest BCUT2D eigenvalue weighted by molar-refractivity contribution is 9.11. The molecule has 0 heterocycles. The molecule has 0 spiro atoms. The monoisotopic (exact) mass is 405 g/mol. The third-order valence-corrected chi connectivity index (χ3v) is 4.19. The molecule has 110 valence electrons. The zero-order valence-corrected chi connectivity index (χ0v) is 14.4. The van der Waals surface area contributed by atoms with E-state index in [2.05, 4.69) is 41.9 Å². The SMILES string of the molecule is COC(=O)CCOc1c(Br)cc(CNC2CC2)cc1Br. The van der Waals surface area contributed by atoms with Gasteiger partial charge in [0.1, 0.15) is 5.75 Å². The van der Waals surface area contributed by atoms with Crippen LogP contribution in [0.1, 0.15) is 24.8 Å². The van der Waals surface area contributed by atoms with Crippen LogP contribution in [0.15, 0.2) is 21.1 Å². The number of hydrogen-bond acceptors (Lipinski definition) is 4. The van der Waals surface area contributed by atoms with Gasteiger partial charge >= 0.3 is 5.97 Å². The van der Waals surface area contributed by atoms with Gasteiger partial charge in [0.15, 0.2) is 0 Å². The lowest BCUT2D eigenvalue weighted by molar-refractivity contribution is -0.141. The molecule has 4 nitrogen and oxygen atoms in total. The summed E-state index contributed by atoms with van der Waals surface area (Å²) in [4.78, 5) is 11.0. The second-order valence-electron chi connectivity index (χ2n) is 4.72. The van der Waals surface area contributed by atoms with Crippen molar-refractivity contribution >= 4 is 37.8 Å². The number of esters is 1. The minimum Gasteiger partial charge on any atom is -0.491 e. The van der Waals surface area contributed by atoms with Crippen molar-refractivity contribution in [1.82, 2.24) is 5.32 Å². The van der Waals surface area contributed by atoms with Gasteiger partial charge in [-0.2, -0.15) is 0 Å². The molecule has 0 bridgehead atoms. The molecule has 0 saturated heterocycles. The normalized spacial score (nSPS) is 14.2. The number of hydrogen-bond donors (Lipinski definition) is 1. The summed E-state index contributed by atoms with van der Waals surface area (Å²) >= 11 is 7.01. The maximum atomic E-state index is 11.0. The van der Waals surface area contributed by atoms with Gasteiger partial charge in [-0.15, -0.1) is 0 Å². The number of carbonyl (C=O) groups excluding carboxylic acids is 1. The van der Waals surface area contributed by atoms with Crippen molar-refractivity contribution in [3.63, 3.8) is 0 Å². The minimum absolute atomic E-state index is 0.236. The zero-order valence-electron chi connectivity index (χ0n) is 11.2. The molecule has 6 heteroatoms. The molecule has 0 amide bonds. The molecule has 1 saturated carbocycles. The second-order valence-corrected chi connectivity index (χ2v) is 6.43. The highest BCUT2D eigenvalue weighted by Crippen LogP contribution is 2.35. The Morgan fingerprint density at radius 2 is 2.00 bits per heavy atom. The van der Waals surface area contributed by atoms with Crippen LogP contribution < -0.4 is 10.1 Å². The zero-order chi connectivity index (χ0) is 14.5. The van der Waals surface area contributed by atoms with E-state index in [4.69, 9.17) is 4.74 Å². The molecule has 1 aromatic carbocycles. The van der Waals surface area contributed by atoms with E-state index in [1.807, 2.05) is 12.1 Å². The standard InChI is InChI=1S/C14H17Br2NO3/c1-19-13(18)4-5-20-14-11(15)6-9(7-12(14)16)8-17-10-2-3-10/h6-7,10,17H,2-5,8H2,1H3. The molecule has 0 aliphatic heterocycles. The van der Waals surface area contributed by atoms with Gasteiger partial charge in [0.25, 0.3) is 0 Å². The van der Waals surface area contributed by atoms with Crippen LogP contribution in [0.4, 0.5) is 0 Å². The topological polar surface area (TPSA) is 47.6 Å². The van der Waals surface area contributed by atoms with E-state index in [0.717, 1.165) is 15.5 Å². The summed E-state index contributed by atoms with van der Waals surface area (Å²) in [5.41, 5.74) is 1.19. The molecule has 1 aliphatic rings. The first-order valence-electron chi connectivity index (χ1n) is 6.51. The molecule has 0 radical (unpaired) electrons. The van der Waals surface area contributed by atoms with Gasteiger partial charge in [0, 0.05) is 12.6 Å². The van der Waals surface area contributed by atoms with E-state index in [9.17, 15) is 4.79 Å². The van der Waals surface area contributed by atoms with Gasteiger partial charge in [-0.3, -0.25) is 4.79 Å². The average molecular weight is 407 g/mol. The third-order valence-electron chi connectivity index (χ3n) is 3.01. The fourth-order valence-corrected chi connectivity index (χ4v) is 3.25. The second kappa shape index (κ2) is 7.43. The van der Waals surface area contributed by atoms with Gasteiger partial charge in [0.05, 0.1) is 29.1 Å². The quantitative estimate of drug-likeness (QED) is 0.705. The Labute approximate surface area is 135 Å². The van der Waals surface area contributed by atoms with Crippen LogP contribution in [-0.4, -0.2) is 25.7 Å². The minimum atomic E-state index is -0.275. The van der Waals surface area contributed by atoms with E-state index >= 15 is 0 Å². The maximum absolute atomic E-state index is 11.0. The molecule has 1 fully saturated rings. The van der Waals surface area contributed by atoms with E-state index in [0.29, 0.717) is 18.4 Å². The Hall–Kier alpha value is -0.590. The molecular formula is C14H17Br2NO3. The largest absolute Gasteiger partial charge is 0.491 e. The summed E-state index contributed by atoms with van der Waals surface area (Å²) in [5.74, 6) is 0.437. The number of halogens is 2. The number of rotatable bonds is 7. The highest BCUT2D eigenvalue weighted by atomic mass is 79.9. The van der Waals surface area contributed by atoms with Crippen LogP contribution in [0.3, 0.4) is 0 Å². The van der Waals surface area contributed by atoms with Crippen molar-refractivity contribution in [2.75, 3.05) is 13.7 Å². The summed E-state index contributed by atoms with van der Waals surface area (Å²) in [6, 6.07) is 4.75. The summed E-state index contributed by atoms with van der Waals surface area (Å²) < 4.78 is 12.0. The van der Waals surface area contributed by atoms with Crippen molar-refractivity contribution in [2.45, 2.75) is 31.8 Å². The number of methoxy groups -OCH3 is 1. The van der Waals surface area contributed by atoms with E-state index in [-0.39, 0.29) is 12.4 Å². The first-order chi connectivity index (χ1) is 9.60. The molecule has 1 aromatic rings. The number of nitrogens with one attached hydrogen (secondary N) is 1. The third kappa shape index (κ3) is 4.75. The first kappa shape index (κ1) is 15.8. The summed E-state index contributed by atoms with van der Waals surface area (Å²) in [6.45, 7) is 1.15. The lowest BCUT2D eigenvalue weighted by Crippen LogP contribution is -2.15. The molecule has 0 unspecified atom stereocenters. The number of benzene rings is 1. The Kier molecular flexibility index (Phi) is 5.86. The van der Waals surface area contributed by atoms with Crippen LogP contribution in [0.25, 0.3) is 0 Å². The Morgan fingerprint density at radius 3 is 2.55 bits per heavy atom. The predicted octanol–water partition coefficient (Wildman–Crippen LogP) is 3.41. The van der Waals surface area contributed by atoms with Crippen LogP contribution in [0.5, 0.6) is 5.75 Å². The molecule has 0 atom stereocenters. The van der Waals surface area contributed by atoms with E-state index < -0.39 is 0 Å². The van der Waals surface area contributed by atoms with Crippen molar-refractivity contribution < 1.29 is 14.3 Å². The van der Waals surface area contributed by atoms with Gasteiger partial charge in [0.2, 0.25) is 0 Å². The Balaban J connectivity index is 1.92.